The predicted octanol–water partition coefficient (Wildman–Crippen LogP) is 1.22. The average molecular weight is 292 g/mol. The van der Waals surface area contributed by atoms with Crippen molar-refractivity contribution >= 4 is 11.9 Å². The highest BCUT2D eigenvalue weighted by atomic mass is 16.4. The Labute approximate surface area is 120 Å². The third-order valence-corrected chi connectivity index (χ3v) is 3.46. The Morgan fingerprint density at radius 2 is 1.19 bits per heavy atom. The summed E-state index contributed by atoms with van der Waals surface area (Å²) in [4.78, 5) is 22.3. The highest BCUT2D eigenvalue weighted by molar-refractivity contribution is 5.90. The number of carboxylic acids is 2. The van der Waals surface area contributed by atoms with E-state index >= 15 is 0 Å². The summed E-state index contributed by atoms with van der Waals surface area (Å²) in [5.74, 6) is -2.06. The Morgan fingerprint density at radius 3 is 1.43 bits per heavy atom. The maximum Gasteiger partial charge on any atom is 0.339 e. The molecule has 0 saturated carbocycles. The van der Waals surface area contributed by atoms with Crippen LogP contribution in [0.15, 0.2) is 0 Å². The molecule has 0 amide bonds. The summed E-state index contributed by atoms with van der Waals surface area (Å²) >= 11 is 0. The van der Waals surface area contributed by atoms with Crippen LogP contribution in [0.1, 0.15) is 43.5 Å². The van der Waals surface area contributed by atoms with Gasteiger partial charge >= 0.3 is 11.9 Å². The molecule has 112 valence electrons. The van der Waals surface area contributed by atoms with E-state index in [-0.39, 0.29) is 17.8 Å². The smallest absolute Gasteiger partial charge is 0.339 e. The van der Waals surface area contributed by atoms with Crippen molar-refractivity contribution in [1.82, 2.24) is 19.6 Å². The van der Waals surface area contributed by atoms with Crippen molar-refractivity contribution in [2.75, 3.05) is 0 Å². The number of carboxylic acid groups (broad SMARTS) is 2. The standard InChI is InChI=1S/C13H16N4O4/c1-6-10(12(18)19)8(3)16(14-6)5-17-9(4)11(13(20)21)7(2)15-17/h5H2,1-4H3,(H,18,19)(H,20,21). The predicted molar refractivity (Wildman–Crippen MR) is 72.7 cm³/mol. The monoisotopic (exact) mass is 292 g/mol. The average Bonchev–Trinajstić information content (AvgIpc) is 2.77. The molecule has 21 heavy (non-hydrogen) atoms. The Balaban J connectivity index is 2.45. The van der Waals surface area contributed by atoms with Gasteiger partial charge in [0.25, 0.3) is 0 Å². The van der Waals surface area contributed by atoms with Gasteiger partial charge in [0.2, 0.25) is 0 Å². The third kappa shape index (κ3) is 2.39. The molecule has 0 spiro atoms. The van der Waals surface area contributed by atoms with Crippen LogP contribution in [-0.2, 0) is 6.67 Å². The number of hydrogen-bond donors (Lipinski definition) is 2. The van der Waals surface area contributed by atoms with E-state index in [1.54, 1.807) is 27.7 Å². The molecule has 2 heterocycles. The summed E-state index contributed by atoms with van der Waals surface area (Å²) in [6, 6.07) is 0. The number of hydrogen-bond acceptors (Lipinski definition) is 4. The Kier molecular flexibility index (Phi) is 3.54. The van der Waals surface area contributed by atoms with Gasteiger partial charge in [-0.15, -0.1) is 0 Å². The first kappa shape index (κ1) is 14.8. The molecule has 0 radical (unpaired) electrons. The van der Waals surface area contributed by atoms with Crippen LogP contribution in [0.4, 0.5) is 0 Å². The molecule has 0 atom stereocenters. The van der Waals surface area contributed by atoms with Crippen LogP contribution >= 0.6 is 0 Å². The van der Waals surface area contributed by atoms with Crippen molar-refractivity contribution in [2.45, 2.75) is 34.4 Å². The molecule has 0 unspecified atom stereocenters. The molecule has 0 fully saturated rings. The number of rotatable bonds is 4. The van der Waals surface area contributed by atoms with Gasteiger partial charge in [-0.1, -0.05) is 0 Å². The van der Waals surface area contributed by atoms with Crippen LogP contribution in [0.5, 0.6) is 0 Å². The van der Waals surface area contributed by atoms with Crippen molar-refractivity contribution in [3.8, 4) is 0 Å². The zero-order valence-electron chi connectivity index (χ0n) is 12.2. The minimum Gasteiger partial charge on any atom is -0.478 e. The zero-order chi connectivity index (χ0) is 15.9. The maximum absolute atomic E-state index is 11.2. The fourth-order valence-corrected chi connectivity index (χ4v) is 2.42. The molecule has 2 N–H and O–H groups in total. The number of aromatic carboxylic acids is 2. The van der Waals surface area contributed by atoms with Crippen LogP contribution in [0.25, 0.3) is 0 Å². The summed E-state index contributed by atoms with van der Waals surface area (Å²) in [6.45, 7) is 6.73. The second kappa shape index (κ2) is 5.04. The second-order valence-electron chi connectivity index (χ2n) is 4.84. The highest BCUT2D eigenvalue weighted by Gasteiger charge is 2.21. The minimum absolute atomic E-state index is 0.162. The lowest BCUT2D eigenvalue weighted by atomic mass is 10.2. The first-order valence-electron chi connectivity index (χ1n) is 6.28. The van der Waals surface area contributed by atoms with Crippen molar-refractivity contribution < 1.29 is 19.8 Å². The van der Waals surface area contributed by atoms with E-state index in [0.29, 0.717) is 22.8 Å². The maximum atomic E-state index is 11.2. The van der Waals surface area contributed by atoms with E-state index in [0.717, 1.165) is 0 Å². The number of carbonyl (C=O) groups is 2. The van der Waals surface area contributed by atoms with E-state index < -0.39 is 11.9 Å². The molecular formula is C13H16N4O4. The van der Waals surface area contributed by atoms with Crippen LogP contribution in [0, 0.1) is 27.7 Å². The van der Waals surface area contributed by atoms with E-state index in [2.05, 4.69) is 10.2 Å². The van der Waals surface area contributed by atoms with Crippen molar-refractivity contribution in [2.24, 2.45) is 0 Å². The van der Waals surface area contributed by atoms with Crippen LogP contribution in [0.2, 0.25) is 0 Å². The first-order chi connectivity index (χ1) is 9.73. The number of aromatic nitrogens is 4. The van der Waals surface area contributed by atoms with Gasteiger partial charge in [-0.05, 0) is 27.7 Å². The zero-order valence-corrected chi connectivity index (χ0v) is 12.2. The summed E-state index contributed by atoms with van der Waals surface area (Å²) in [7, 11) is 0. The molecule has 0 aromatic carbocycles. The summed E-state index contributed by atoms with van der Waals surface area (Å²) in [5.41, 5.74) is 2.17. The van der Waals surface area contributed by atoms with E-state index in [4.69, 9.17) is 10.2 Å². The summed E-state index contributed by atoms with van der Waals surface area (Å²) < 4.78 is 3.01. The fraction of sp³-hybridized carbons (Fsp3) is 0.385. The fourth-order valence-electron chi connectivity index (χ4n) is 2.42. The van der Waals surface area contributed by atoms with Crippen molar-refractivity contribution in [3.05, 3.63) is 33.9 Å². The molecule has 0 bridgehead atoms. The first-order valence-corrected chi connectivity index (χ1v) is 6.28. The van der Waals surface area contributed by atoms with Gasteiger partial charge in [0.15, 0.2) is 0 Å². The van der Waals surface area contributed by atoms with E-state index in [1.807, 2.05) is 0 Å². The molecule has 8 nitrogen and oxygen atoms in total. The van der Waals surface area contributed by atoms with Gasteiger partial charge in [-0.25, -0.2) is 19.0 Å². The molecule has 8 heteroatoms. The summed E-state index contributed by atoms with van der Waals surface area (Å²) in [5, 5.41) is 26.7. The molecule has 2 rings (SSSR count). The Morgan fingerprint density at radius 1 is 0.857 bits per heavy atom. The van der Waals surface area contributed by atoms with E-state index in [9.17, 15) is 9.59 Å². The van der Waals surface area contributed by atoms with Gasteiger partial charge in [-0.3, -0.25) is 0 Å². The molecular weight excluding hydrogens is 276 g/mol. The van der Waals surface area contributed by atoms with Crippen molar-refractivity contribution in [1.29, 1.82) is 0 Å². The molecule has 0 saturated heterocycles. The van der Waals surface area contributed by atoms with Gasteiger partial charge in [0, 0.05) is 0 Å². The second-order valence-corrected chi connectivity index (χ2v) is 4.84. The molecule has 0 aliphatic rings. The van der Waals surface area contributed by atoms with Crippen LogP contribution < -0.4 is 0 Å². The van der Waals surface area contributed by atoms with E-state index in [1.165, 1.54) is 9.36 Å². The highest BCUT2D eigenvalue weighted by Crippen LogP contribution is 2.16. The quantitative estimate of drug-likeness (QED) is 0.876. The largest absolute Gasteiger partial charge is 0.478 e. The topological polar surface area (TPSA) is 110 Å². The lowest BCUT2D eigenvalue weighted by molar-refractivity contribution is 0.0684. The van der Waals surface area contributed by atoms with Crippen LogP contribution in [0.3, 0.4) is 0 Å². The lowest BCUT2D eigenvalue weighted by Gasteiger charge is -2.07. The number of aryl methyl sites for hydroxylation is 2. The molecule has 2 aromatic heterocycles. The van der Waals surface area contributed by atoms with Gasteiger partial charge in [-0.2, -0.15) is 10.2 Å². The lowest BCUT2D eigenvalue weighted by Crippen LogP contribution is -2.14. The van der Waals surface area contributed by atoms with Gasteiger partial charge < -0.3 is 10.2 Å². The molecule has 0 aliphatic carbocycles. The number of nitrogens with zero attached hydrogens (tertiary/aromatic N) is 4. The Hall–Kier alpha value is -2.64. The van der Waals surface area contributed by atoms with Gasteiger partial charge in [0.1, 0.15) is 17.8 Å². The Bertz CT molecular complexity index is 680. The van der Waals surface area contributed by atoms with Crippen molar-refractivity contribution in [3.63, 3.8) is 0 Å². The minimum atomic E-state index is -1.03. The molecule has 0 aliphatic heterocycles. The van der Waals surface area contributed by atoms with Gasteiger partial charge in [0.05, 0.1) is 22.8 Å². The normalized spacial score (nSPS) is 10.9. The van der Waals surface area contributed by atoms with Crippen LogP contribution in [-0.4, -0.2) is 41.7 Å². The molecule has 2 aromatic rings. The third-order valence-electron chi connectivity index (χ3n) is 3.46. The summed E-state index contributed by atoms with van der Waals surface area (Å²) in [6.07, 6.45) is 0. The SMILES string of the molecule is Cc1nn(Cn2nc(C)c(C(=O)O)c2C)c(C)c1C(=O)O.